The fourth-order valence-corrected chi connectivity index (χ4v) is 5.32. The van der Waals surface area contributed by atoms with Crippen LogP contribution in [0.3, 0.4) is 0 Å². The molecule has 0 unspecified atom stereocenters. The number of halogens is 1. The fraction of sp³-hybridized carbons (Fsp3) is 0.444. The maximum atomic E-state index is 14.4. The van der Waals surface area contributed by atoms with E-state index < -0.39 is 5.97 Å². The van der Waals surface area contributed by atoms with Gasteiger partial charge in [-0.2, -0.15) is 0 Å². The summed E-state index contributed by atoms with van der Waals surface area (Å²) in [7, 11) is 0. The first-order valence-electron chi connectivity index (χ1n) is 12.8. The number of aliphatic carboxylic acids is 1. The molecule has 0 bridgehead atoms. The Morgan fingerprint density at radius 2 is 1.89 bits per heavy atom. The summed E-state index contributed by atoms with van der Waals surface area (Å²) >= 11 is 0. The first-order chi connectivity index (χ1) is 18.0. The van der Waals surface area contributed by atoms with Crippen LogP contribution >= 0.6 is 0 Å². The number of carboxylic acid groups (broad SMARTS) is 1. The number of benzene rings is 2. The van der Waals surface area contributed by atoms with Crippen molar-refractivity contribution in [1.29, 1.82) is 0 Å². The van der Waals surface area contributed by atoms with E-state index in [0.717, 1.165) is 24.3 Å². The van der Waals surface area contributed by atoms with Crippen molar-refractivity contribution in [2.45, 2.75) is 50.8 Å². The molecule has 0 saturated carbocycles. The van der Waals surface area contributed by atoms with E-state index in [0.29, 0.717) is 44.1 Å². The summed E-state index contributed by atoms with van der Waals surface area (Å²) in [5.74, 6) is 0.389. The van der Waals surface area contributed by atoms with Gasteiger partial charge in [-0.15, -0.1) is 5.10 Å². The van der Waals surface area contributed by atoms with Gasteiger partial charge in [0.25, 0.3) is 0 Å². The Morgan fingerprint density at radius 3 is 2.57 bits per heavy atom. The third-order valence-corrected chi connectivity index (χ3v) is 7.10. The van der Waals surface area contributed by atoms with E-state index in [-0.39, 0.29) is 30.4 Å². The number of carboxylic acids is 1. The van der Waals surface area contributed by atoms with Gasteiger partial charge in [-0.25, -0.2) is 9.07 Å². The van der Waals surface area contributed by atoms with Crippen molar-refractivity contribution in [3.63, 3.8) is 0 Å². The summed E-state index contributed by atoms with van der Waals surface area (Å²) in [6.07, 6.45) is 5.83. The van der Waals surface area contributed by atoms with E-state index in [1.165, 1.54) is 6.07 Å². The van der Waals surface area contributed by atoms with Gasteiger partial charge >= 0.3 is 5.97 Å². The molecule has 9 nitrogen and oxygen atoms in total. The molecule has 2 saturated heterocycles. The minimum absolute atomic E-state index is 0.0449. The van der Waals surface area contributed by atoms with Crippen molar-refractivity contribution < 1.29 is 23.8 Å². The van der Waals surface area contributed by atoms with Crippen LogP contribution in [0.2, 0.25) is 0 Å². The van der Waals surface area contributed by atoms with Gasteiger partial charge in [0.15, 0.2) is 0 Å². The molecule has 10 heteroatoms. The number of nitrogens with zero attached hydrogens (tertiary/aromatic N) is 5. The minimum Gasteiger partial charge on any atom is -0.494 e. The summed E-state index contributed by atoms with van der Waals surface area (Å²) in [5.41, 5.74) is 1.53. The molecule has 37 heavy (non-hydrogen) atoms. The highest BCUT2D eigenvalue weighted by Crippen LogP contribution is 2.34. The van der Waals surface area contributed by atoms with Gasteiger partial charge < -0.3 is 24.4 Å². The number of hydrogen-bond acceptors (Lipinski definition) is 7. The van der Waals surface area contributed by atoms with Crippen LogP contribution in [0.4, 0.5) is 15.8 Å². The van der Waals surface area contributed by atoms with Crippen LogP contribution in [-0.4, -0.2) is 64.5 Å². The summed E-state index contributed by atoms with van der Waals surface area (Å²) in [5, 5.41) is 17.4. The lowest BCUT2D eigenvalue weighted by Crippen LogP contribution is -2.38. The van der Waals surface area contributed by atoms with Gasteiger partial charge in [0.2, 0.25) is 0 Å². The van der Waals surface area contributed by atoms with Crippen molar-refractivity contribution in [1.82, 2.24) is 15.0 Å². The predicted molar refractivity (Wildman–Crippen MR) is 137 cm³/mol. The lowest BCUT2D eigenvalue weighted by atomic mass is 10.1. The number of carbonyl (C=O) groups is 1. The number of aromatic nitrogens is 3. The van der Waals surface area contributed by atoms with E-state index in [4.69, 9.17) is 9.47 Å². The van der Waals surface area contributed by atoms with Crippen LogP contribution in [-0.2, 0) is 4.79 Å². The predicted octanol–water partition coefficient (Wildman–Crippen LogP) is 4.16. The van der Waals surface area contributed by atoms with Crippen molar-refractivity contribution in [3.8, 4) is 11.5 Å². The molecule has 196 valence electrons. The fourth-order valence-electron chi connectivity index (χ4n) is 5.32. The molecular formula is C27H32FN5O4. The van der Waals surface area contributed by atoms with Gasteiger partial charge in [0.05, 0.1) is 31.0 Å². The second kappa shape index (κ2) is 11.1. The number of piperidine rings is 1. The molecule has 1 N–H and O–H groups in total. The smallest absolute Gasteiger partial charge is 0.305 e. The Balaban J connectivity index is 1.19. The summed E-state index contributed by atoms with van der Waals surface area (Å²) in [4.78, 5) is 15.6. The molecule has 3 heterocycles. The maximum Gasteiger partial charge on any atom is 0.305 e. The number of ether oxygens (including phenoxy) is 2. The molecule has 3 aromatic rings. The zero-order chi connectivity index (χ0) is 25.8. The Hall–Kier alpha value is -3.82. The van der Waals surface area contributed by atoms with Crippen LogP contribution in [0.1, 0.15) is 38.6 Å². The molecule has 0 amide bonds. The van der Waals surface area contributed by atoms with E-state index in [2.05, 4.69) is 15.2 Å². The van der Waals surface area contributed by atoms with Crippen molar-refractivity contribution >= 4 is 17.3 Å². The summed E-state index contributed by atoms with van der Waals surface area (Å²) in [6, 6.07) is 12.7. The van der Waals surface area contributed by atoms with Crippen LogP contribution in [0, 0.1) is 5.82 Å². The first-order valence-corrected chi connectivity index (χ1v) is 12.8. The second-order valence-corrected chi connectivity index (χ2v) is 9.52. The van der Waals surface area contributed by atoms with Crippen LogP contribution in [0.15, 0.2) is 54.9 Å². The number of rotatable bonds is 9. The lowest BCUT2D eigenvalue weighted by molar-refractivity contribution is -0.137. The van der Waals surface area contributed by atoms with Gasteiger partial charge in [0, 0.05) is 56.5 Å². The van der Waals surface area contributed by atoms with E-state index in [1.54, 1.807) is 23.0 Å². The quantitative estimate of drug-likeness (QED) is 0.460. The van der Waals surface area contributed by atoms with Gasteiger partial charge in [-0.05, 0) is 49.7 Å². The third-order valence-electron chi connectivity index (χ3n) is 7.10. The molecule has 2 aliphatic heterocycles. The molecule has 2 aromatic carbocycles. The highest BCUT2D eigenvalue weighted by atomic mass is 19.1. The van der Waals surface area contributed by atoms with Crippen molar-refractivity contribution in [2.75, 3.05) is 36.0 Å². The minimum atomic E-state index is -0.815. The molecule has 2 atom stereocenters. The number of anilines is 2. The van der Waals surface area contributed by atoms with Gasteiger partial charge in [-0.3, -0.25) is 4.79 Å². The topological polar surface area (TPSA) is 93.0 Å². The van der Waals surface area contributed by atoms with Crippen LogP contribution < -0.4 is 19.3 Å². The van der Waals surface area contributed by atoms with Crippen LogP contribution in [0.5, 0.6) is 11.5 Å². The molecule has 1 aromatic heterocycles. The van der Waals surface area contributed by atoms with Crippen LogP contribution in [0.25, 0.3) is 0 Å². The molecule has 0 aliphatic carbocycles. The highest BCUT2D eigenvalue weighted by molar-refractivity contribution is 5.69. The van der Waals surface area contributed by atoms with E-state index in [9.17, 15) is 14.3 Å². The SMILES string of the molecule is CCOc1ccc(F)c(N2CCC(Oc3ccc(N4C[C@H](n5ccnn5)C[C@@H]4CC(=O)O)cc3)CC2)c1. The Labute approximate surface area is 215 Å². The van der Waals surface area contributed by atoms with E-state index >= 15 is 0 Å². The first kappa shape index (κ1) is 24.9. The molecular weight excluding hydrogens is 477 g/mol. The Kier molecular flexibility index (Phi) is 7.43. The number of hydrogen-bond donors (Lipinski definition) is 1. The molecule has 2 aliphatic rings. The average Bonchev–Trinajstić information content (AvgIpc) is 3.57. The highest BCUT2D eigenvalue weighted by Gasteiger charge is 2.35. The second-order valence-electron chi connectivity index (χ2n) is 9.52. The van der Waals surface area contributed by atoms with E-state index in [1.807, 2.05) is 42.3 Å². The lowest BCUT2D eigenvalue weighted by Gasteiger charge is -2.34. The zero-order valence-electron chi connectivity index (χ0n) is 20.9. The normalized spacial score (nSPS) is 20.3. The zero-order valence-corrected chi connectivity index (χ0v) is 20.9. The maximum absolute atomic E-state index is 14.4. The average molecular weight is 510 g/mol. The molecule has 0 radical (unpaired) electrons. The van der Waals surface area contributed by atoms with Crippen molar-refractivity contribution in [2.24, 2.45) is 0 Å². The Morgan fingerprint density at radius 1 is 1.14 bits per heavy atom. The van der Waals surface area contributed by atoms with Gasteiger partial charge in [0.1, 0.15) is 23.4 Å². The standard InChI is InChI=1S/C27H32FN5O4/c1-2-36-24-7-8-25(28)26(17-24)31-12-9-23(10-13-31)37-22-5-3-19(4-6-22)32-18-21(33-14-11-29-30-33)15-20(32)16-27(34)35/h3-8,11,14,17,20-21,23H,2,9-10,12-13,15-16,18H2,1H3,(H,34,35)/t20-,21-/m1/s1. The molecule has 2 fully saturated rings. The van der Waals surface area contributed by atoms with Crippen molar-refractivity contribution in [3.05, 3.63) is 60.7 Å². The molecule has 0 spiro atoms. The molecule has 5 rings (SSSR count). The van der Waals surface area contributed by atoms with Gasteiger partial charge in [-0.1, -0.05) is 5.21 Å². The summed E-state index contributed by atoms with van der Waals surface area (Å²) in [6.45, 7) is 4.52. The largest absolute Gasteiger partial charge is 0.494 e. The Bertz CT molecular complexity index is 1180. The summed E-state index contributed by atoms with van der Waals surface area (Å²) < 4.78 is 28.0. The monoisotopic (exact) mass is 509 g/mol. The third kappa shape index (κ3) is 5.79.